The highest BCUT2D eigenvalue weighted by molar-refractivity contribution is 7.91. The molecule has 1 aromatic carbocycles. The van der Waals surface area contributed by atoms with E-state index in [4.69, 9.17) is 0 Å². The Hall–Kier alpha value is -1.92. The van der Waals surface area contributed by atoms with E-state index >= 15 is 0 Å². The molecule has 4 nitrogen and oxygen atoms in total. The van der Waals surface area contributed by atoms with Crippen LogP contribution in [0.3, 0.4) is 0 Å². The maximum absolute atomic E-state index is 14.7. The third-order valence-electron chi connectivity index (χ3n) is 5.64. The van der Waals surface area contributed by atoms with Crippen molar-refractivity contribution < 1.29 is 17.9 Å². The lowest BCUT2D eigenvalue weighted by Gasteiger charge is -2.32. The van der Waals surface area contributed by atoms with Crippen LogP contribution < -0.4 is 0 Å². The molecule has 2 aromatic rings. The molecular weight excluding hydrogens is 353 g/mol. The summed E-state index contributed by atoms with van der Waals surface area (Å²) in [4.78, 5) is 0. The van der Waals surface area contributed by atoms with Crippen LogP contribution in [0.5, 0.6) is 0 Å². The Morgan fingerprint density at radius 1 is 1.27 bits per heavy atom. The molecule has 26 heavy (non-hydrogen) atoms. The summed E-state index contributed by atoms with van der Waals surface area (Å²) in [7, 11) is -3.84. The fourth-order valence-corrected chi connectivity index (χ4v) is 5.82. The SMILES string of the molecule is CC1=CC(C)(S(=O)(=O)n2ccc3c(C4CC(O)C4)ccc(F)c32)CC=C1. The Bertz CT molecular complexity index is 1040. The first-order valence-corrected chi connectivity index (χ1v) is 10.3. The second-order valence-corrected chi connectivity index (χ2v) is 9.92. The summed E-state index contributed by atoms with van der Waals surface area (Å²) < 4.78 is 41.4. The monoisotopic (exact) mass is 375 g/mol. The van der Waals surface area contributed by atoms with Crippen LogP contribution in [0.25, 0.3) is 10.9 Å². The molecule has 0 spiro atoms. The van der Waals surface area contributed by atoms with Crippen LogP contribution in [0.2, 0.25) is 0 Å². The minimum atomic E-state index is -3.84. The van der Waals surface area contributed by atoms with Gasteiger partial charge in [0.2, 0.25) is 10.0 Å². The molecule has 1 saturated carbocycles. The van der Waals surface area contributed by atoms with Crippen LogP contribution in [0.4, 0.5) is 4.39 Å². The minimum absolute atomic E-state index is 0.103. The van der Waals surface area contributed by atoms with Gasteiger partial charge in [-0.2, -0.15) is 0 Å². The molecule has 1 fully saturated rings. The molecule has 1 aromatic heterocycles. The van der Waals surface area contributed by atoms with Crippen molar-refractivity contribution in [3.63, 3.8) is 0 Å². The zero-order valence-corrected chi connectivity index (χ0v) is 15.6. The number of aromatic nitrogens is 1. The van der Waals surface area contributed by atoms with E-state index in [-0.39, 0.29) is 17.5 Å². The highest BCUT2D eigenvalue weighted by Gasteiger charge is 2.40. The minimum Gasteiger partial charge on any atom is -0.393 e. The van der Waals surface area contributed by atoms with Crippen molar-refractivity contribution >= 4 is 20.9 Å². The van der Waals surface area contributed by atoms with Gasteiger partial charge >= 0.3 is 0 Å². The molecule has 1 atom stereocenters. The molecule has 0 saturated heterocycles. The summed E-state index contributed by atoms with van der Waals surface area (Å²) in [5, 5.41) is 10.2. The molecule has 138 valence electrons. The molecule has 0 aliphatic heterocycles. The number of benzene rings is 1. The highest BCUT2D eigenvalue weighted by atomic mass is 32.2. The molecule has 6 heteroatoms. The number of hydrogen-bond donors (Lipinski definition) is 1. The summed E-state index contributed by atoms with van der Waals surface area (Å²) in [5.41, 5.74) is 1.88. The van der Waals surface area contributed by atoms with Gasteiger partial charge in [-0.25, -0.2) is 16.8 Å². The largest absolute Gasteiger partial charge is 0.393 e. The fraction of sp³-hybridized carbons (Fsp3) is 0.400. The van der Waals surface area contributed by atoms with Gasteiger partial charge in [-0.05, 0) is 56.7 Å². The molecule has 2 aliphatic rings. The Labute approximate surface area is 152 Å². The quantitative estimate of drug-likeness (QED) is 0.886. The molecule has 4 rings (SSSR count). The van der Waals surface area contributed by atoms with E-state index in [1.54, 1.807) is 25.1 Å². The molecule has 2 aliphatic carbocycles. The highest BCUT2D eigenvalue weighted by Crippen LogP contribution is 2.42. The molecule has 1 N–H and O–H groups in total. The summed E-state index contributed by atoms with van der Waals surface area (Å²) in [5.74, 6) is -0.408. The predicted molar refractivity (Wildman–Crippen MR) is 100 cm³/mol. The Kier molecular flexibility index (Phi) is 3.90. The number of rotatable bonds is 3. The van der Waals surface area contributed by atoms with Crippen molar-refractivity contribution in [2.24, 2.45) is 0 Å². The number of halogens is 1. The van der Waals surface area contributed by atoms with Crippen LogP contribution in [0, 0.1) is 5.82 Å². The number of fused-ring (bicyclic) bond motifs is 1. The average Bonchev–Trinajstić information content (AvgIpc) is 2.99. The second-order valence-electron chi connectivity index (χ2n) is 7.65. The van der Waals surface area contributed by atoms with Crippen LogP contribution in [0.1, 0.15) is 44.6 Å². The van der Waals surface area contributed by atoms with Gasteiger partial charge in [-0.1, -0.05) is 29.9 Å². The third-order valence-corrected chi connectivity index (χ3v) is 7.92. The zero-order chi connectivity index (χ0) is 18.7. The Morgan fingerprint density at radius 2 is 2.00 bits per heavy atom. The number of aliphatic hydroxyl groups excluding tert-OH is 1. The third kappa shape index (κ3) is 2.47. The Balaban J connectivity index is 1.88. The summed E-state index contributed by atoms with van der Waals surface area (Å²) in [6, 6.07) is 4.72. The van der Waals surface area contributed by atoms with Crippen molar-refractivity contribution in [3.8, 4) is 0 Å². The maximum atomic E-state index is 14.7. The lowest BCUT2D eigenvalue weighted by atomic mass is 9.76. The number of aliphatic hydroxyl groups is 1. The first kappa shape index (κ1) is 17.5. The van der Waals surface area contributed by atoms with Crippen molar-refractivity contribution in [1.29, 1.82) is 0 Å². The fourth-order valence-electron chi connectivity index (χ4n) is 4.08. The standard InChI is InChI=1S/C20H22FNO3S/c1-13-4-3-8-20(2,12-13)26(24,25)22-9-7-17-16(14-10-15(23)11-14)5-6-18(21)19(17)22/h3-7,9,12,14-15,23H,8,10-11H2,1-2H3. The van der Waals surface area contributed by atoms with E-state index in [1.165, 1.54) is 12.3 Å². The van der Waals surface area contributed by atoms with Crippen molar-refractivity contribution in [2.75, 3.05) is 0 Å². The van der Waals surface area contributed by atoms with E-state index in [9.17, 15) is 17.9 Å². The summed E-state index contributed by atoms with van der Waals surface area (Å²) in [6.45, 7) is 3.53. The van der Waals surface area contributed by atoms with Gasteiger partial charge in [0, 0.05) is 11.6 Å². The van der Waals surface area contributed by atoms with Gasteiger partial charge in [0.15, 0.2) is 0 Å². The van der Waals surface area contributed by atoms with Gasteiger partial charge < -0.3 is 5.11 Å². The first-order chi connectivity index (χ1) is 12.2. The van der Waals surface area contributed by atoms with Crippen LogP contribution in [-0.2, 0) is 10.0 Å². The van der Waals surface area contributed by atoms with E-state index in [0.717, 1.165) is 15.1 Å². The zero-order valence-electron chi connectivity index (χ0n) is 14.8. The van der Waals surface area contributed by atoms with E-state index < -0.39 is 20.6 Å². The second kappa shape index (κ2) is 5.79. The topological polar surface area (TPSA) is 59.3 Å². The molecule has 0 radical (unpaired) electrons. The van der Waals surface area contributed by atoms with Crippen molar-refractivity contribution in [1.82, 2.24) is 3.97 Å². The van der Waals surface area contributed by atoms with E-state index in [0.29, 0.717) is 24.6 Å². The maximum Gasteiger partial charge on any atom is 0.248 e. The lowest BCUT2D eigenvalue weighted by molar-refractivity contribution is 0.0751. The number of allylic oxidation sites excluding steroid dienone is 3. The number of hydrogen-bond acceptors (Lipinski definition) is 3. The Morgan fingerprint density at radius 3 is 2.65 bits per heavy atom. The van der Waals surface area contributed by atoms with E-state index in [1.807, 2.05) is 19.1 Å². The van der Waals surface area contributed by atoms with Gasteiger partial charge in [0.1, 0.15) is 10.6 Å². The van der Waals surface area contributed by atoms with Crippen LogP contribution >= 0.6 is 0 Å². The van der Waals surface area contributed by atoms with Gasteiger partial charge in [-0.15, -0.1) is 0 Å². The first-order valence-electron chi connectivity index (χ1n) is 8.81. The van der Waals surface area contributed by atoms with Crippen molar-refractivity contribution in [2.45, 2.75) is 49.9 Å². The molecule has 1 heterocycles. The smallest absolute Gasteiger partial charge is 0.248 e. The molecular formula is C20H22FNO3S. The van der Waals surface area contributed by atoms with Gasteiger partial charge in [0.05, 0.1) is 11.6 Å². The molecule has 0 amide bonds. The van der Waals surface area contributed by atoms with Gasteiger partial charge in [-0.3, -0.25) is 0 Å². The normalized spacial score (nSPS) is 28.8. The average molecular weight is 375 g/mol. The molecule has 1 unspecified atom stereocenters. The summed E-state index contributed by atoms with van der Waals surface area (Å²) in [6.07, 6.45) is 8.20. The molecule has 0 bridgehead atoms. The van der Waals surface area contributed by atoms with Crippen molar-refractivity contribution in [3.05, 3.63) is 59.6 Å². The number of nitrogens with zero attached hydrogens (tertiary/aromatic N) is 1. The van der Waals surface area contributed by atoms with Crippen LogP contribution in [-0.4, -0.2) is 28.3 Å². The summed E-state index contributed by atoms with van der Waals surface area (Å²) >= 11 is 0. The lowest BCUT2D eigenvalue weighted by Crippen LogP contribution is -2.38. The van der Waals surface area contributed by atoms with Gasteiger partial charge in [0.25, 0.3) is 0 Å². The van der Waals surface area contributed by atoms with E-state index in [2.05, 4.69) is 0 Å². The predicted octanol–water partition coefficient (Wildman–Crippen LogP) is 3.86. The van der Waals surface area contributed by atoms with Crippen LogP contribution in [0.15, 0.2) is 48.2 Å².